The predicted octanol–water partition coefficient (Wildman–Crippen LogP) is 4.53. The Morgan fingerprint density at radius 3 is 2.29 bits per heavy atom. The molecule has 4 N–H and O–H groups in total. The van der Waals surface area contributed by atoms with Crippen molar-refractivity contribution in [1.82, 2.24) is 4.90 Å². The van der Waals surface area contributed by atoms with Crippen molar-refractivity contribution < 1.29 is 19.1 Å². The lowest BCUT2D eigenvalue weighted by molar-refractivity contribution is -0.145. The SMILES string of the molecule is CCCN(C(=O)[C@@H](N)CCCC(=O)OCc1ccccc1)[C@H](CC(N)=O)Cc1ccc2ccccc2c1.Cl. The quantitative estimate of drug-likeness (QED) is 0.292. The Balaban J connectivity index is 0.00000507. The maximum Gasteiger partial charge on any atom is 0.306 e. The molecule has 0 heterocycles. The van der Waals surface area contributed by atoms with Crippen molar-refractivity contribution in [1.29, 1.82) is 0 Å². The molecular formula is C30H38ClN3O4. The molecule has 3 aromatic rings. The topological polar surface area (TPSA) is 116 Å². The maximum atomic E-state index is 13.4. The Labute approximate surface area is 230 Å². The fourth-order valence-corrected chi connectivity index (χ4v) is 4.49. The van der Waals surface area contributed by atoms with Gasteiger partial charge in [-0.2, -0.15) is 0 Å². The van der Waals surface area contributed by atoms with Gasteiger partial charge in [0.1, 0.15) is 6.61 Å². The summed E-state index contributed by atoms with van der Waals surface area (Å²) < 4.78 is 5.31. The van der Waals surface area contributed by atoms with Crippen LogP contribution in [0, 0.1) is 0 Å². The van der Waals surface area contributed by atoms with E-state index < -0.39 is 18.0 Å². The van der Waals surface area contributed by atoms with Gasteiger partial charge in [0, 0.05) is 25.4 Å². The number of hydrogen-bond donors (Lipinski definition) is 2. The summed E-state index contributed by atoms with van der Waals surface area (Å²) in [4.78, 5) is 39.1. The van der Waals surface area contributed by atoms with E-state index in [9.17, 15) is 14.4 Å². The average Bonchev–Trinajstić information content (AvgIpc) is 2.90. The van der Waals surface area contributed by atoms with Crippen LogP contribution in [0.3, 0.4) is 0 Å². The zero-order valence-corrected chi connectivity index (χ0v) is 22.7. The highest BCUT2D eigenvalue weighted by Crippen LogP contribution is 2.20. The highest BCUT2D eigenvalue weighted by atomic mass is 35.5. The van der Waals surface area contributed by atoms with E-state index in [1.807, 2.05) is 73.7 Å². The minimum Gasteiger partial charge on any atom is -0.461 e. The monoisotopic (exact) mass is 539 g/mol. The van der Waals surface area contributed by atoms with E-state index in [4.69, 9.17) is 16.2 Å². The number of rotatable bonds is 14. The van der Waals surface area contributed by atoms with Gasteiger partial charge in [0.05, 0.1) is 6.04 Å². The summed E-state index contributed by atoms with van der Waals surface area (Å²) in [5, 5.41) is 2.23. The fourth-order valence-electron chi connectivity index (χ4n) is 4.49. The van der Waals surface area contributed by atoms with Gasteiger partial charge in [-0.15, -0.1) is 12.4 Å². The van der Waals surface area contributed by atoms with Crippen molar-refractivity contribution in [2.75, 3.05) is 6.54 Å². The van der Waals surface area contributed by atoms with Gasteiger partial charge in [-0.25, -0.2) is 0 Å². The number of halogens is 1. The molecule has 0 unspecified atom stereocenters. The minimum atomic E-state index is -0.777. The summed E-state index contributed by atoms with van der Waals surface area (Å²) in [7, 11) is 0. The largest absolute Gasteiger partial charge is 0.461 e. The zero-order chi connectivity index (χ0) is 26.6. The fraction of sp³-hybridized carbons (Fsp3) is 0.367. The standard InChI is InChI=1S/C30H37N3O4.ClH/c1-2-17-33(26(20-28(32)34)19-23-15-16-24-11-6-7-12-25(24)18-23)30(36)27(31)13-8-14-29(35)37-21-22-9-4-3-5-10-22;/h3-7,9-12,15-16,18,26-27H,2,8,13-14,17,19-21,31H2,1H3,(H2,32,34);1H/t26-,27-;/m0./s1. The molecule has 0 radical (unpaired) electrons. The van der Waals surface area contributed by atoms with Crippen molar-refractivity contribution in [3.8, 4) is 0 Å². The molecule has 0 fully saturated rings. The van der Waals surface area contributed by atoms with E-state index in [1.165, 1.54) is 0 Å². The molecule has 8 heteroatoms. The summed E-state index contributed by atoms with van der Waals surface area (Å²) in [6, 6.07) is 22.5. The number of carbonyl (C=O) groups excluding carboxylic acids is 3. The van der Waals surface area contributed by atoms with Crippen LogP contribution < -0.4 is 11.5 Å². The molecule has 3 rings (SSSR count). The average molecular weight is 540 g/mol. The van der Waals surface area contributed by atoms with Gasteiger partial charge in [-0.05, 0) is 47.6 Å². The summed E-state index contributed by atoms with van der Waals surface area (Å²) in [5.41, 5.74) is 13.8. The number of nitrogens with two attached hydrogens (primary N) is 2. The van der Waals surface area contributed by atoms with Crippen molar-refractivity contribution >= 4 is 41.0 Å². The van der Waals surface area contributed by atoms with Gasteiger partial charge in [0.15, 0.2) is 0 Å². The molecule has 2 amide bonds. The molecule has 38 heavy (non-hydrogen) atoms. The van der Waals surface area contributed by atoms with Crippen LogP contribution in [0.15, 0.2) is 72.8 Å². The second-order valence-electron chi connectivity index (χ2n) is 9.39. The van der Waals surface area contributed by atoms with Crippen LogP contribution in [0.2, 0.25) is 0 Å². The summed E-state index contributed by atoms with van der Waals surface area (Å²) in [5.74, 6) is -1.02. The van der Waals surface area contributed by atoms with E-state index in [0.717, 1.165) is 28.3 Å². The molecule has 0 saturated carbocycles. The van der Waals surface area contributed by atoms with Gasteiger partial charge in [0.2, 0.25) is 11.8 Å². The van der Waals surface area contributed by atoms with Crippen molar-refractivity contribution in [2.45, 2.75) is 64.1 Å². The molecule has 0 saturated heterocycles. The zero-order valence-electron chi connectivity index (χ0n) is 21.9. The first kappa shape index (κ1) is 30.8. The molecule has 7 nitrogen and oxygen atoms in total. The smallest absolute Gasteiger partial charge is 0.306 e. The molecule has 0 spiro atoms. The van der Waals surface area contributed by atoms with Crippen LogP contribution in [0.1, 0.15) is 50.2 Å². The number of primary amides is 1. The minimum absolute atomic E-state index is 0. The lowest BCUT2D eigenvalue weighted by Gasteiger charge is -2.33. The van der Waals surface area contributed by atoms with Gasteiger partial charge in [0.25, 0.3) is 0 Å². The van der Waals surface area contributed by atoms with Gasteiger partial charge < -0.3 is 21.1 Å². The Morgan fingerprint density at radius 1 is 0.921 bits per heavy atom. The molecule has 2 atom stereocenters. The van der Waals surface area contributed by atoms with Gasteiger partial charge in [-0.3, -0.25) is 14.4 Å². The van der Waals surface area contributed by atoms with Crippen LogP contribution in [-0.4, -0.2) is 41.3 Å². The highest BCUT2D eigenvalue weighted by molar-refractivity contribution is 5.85. The van der Waals surface area contributed by atoms with Gasteiger partial charge >= 0.3 is 5.97 Å². The van der Waals surface area contributed by atoms with Crippen molar-refractivity contribution in [3.05, 3.63) is 83.9 Å². The first-order chi connectivity index (χ1) is 17.9. The van der Waals surface area contributed by atoms with Crippen LogP contribution in [0.5, 0.6) is 0 Å². The van der Waals surface area contributed by atoms with E-state index >= 15 is 0 Å². The van der Waals surface area contributed by atoms with E-state index in [2.05, 4.69) is 6.07 Å². The van der Waals surface area contributed by atoms with E-state index in [-0.39, 0.29) is 43.7 Å². The number of carbonyl (C=O) groups is 3. The summed E-state index contributed by atoms with van der Waals surface area (Å²) >= 11 is 0. The number of ether oxygens (including phenoxy) is 1. The van der Waals surface area contributed by atoms with Gasteiger partial charge in [-0.1, -0.05) is 79.7 Å². The molecule has 0 bridgehead atoms. The number of nitrogens with zero attached hydrogens (tertiary/aromatic N) is 1. The third-order valence-electron chi connectivity index (χ3n) is 6.37. The Bertz CT molecular complexity index is 1190. The number of hydrogen-bond acceptors (Lipinski definition) is 5. The first-order valence-electron chi connectivity index (χ1n) is 12.9. The number of fused-ring (bicyclic) bond motifs is 1. The lowest BCUT2D eigenvalue weighted by Crippen LogP contribution is -2.50. The number of amides is 2. The molecule has 3 aromatic carbocycles. The third kappa shape index (κ3) is 9.47. The normalized spacial score (nSPS) is 12.3. The molecule has 0 aliphatic rings. The molecular weight excluding hydrogens is 502 g/mol. The first-order valence-corrected chi connectivity index (χ1v) is 12.9. The lowest BCUT2D eigenvalue weighted by atomic mass is 9.97. The molecule has 204 valence electrons. The Morgan fingerprint density at radius 2 is 1.61 bits per heavy atom. The van der Waals surface area contributed by atoms with Crippen LogP contribution >= 0.6 is 12.4 Å². The molecule has 0 aliphatic heterocycles. The second kappa shape index (κ2) is 15.7. The van der Waals surface area contributed by atoms with E-state index in [0.29, 0.717) is 25.8 Å². The predicted molar refractivity (Wildman–Crippen MR) is 153 cm³/mol. The van der Waals surface area contributed by atoms with Crippen LogP contribution in [-0.2, 0) is 32.1 Å². The Hall–Kier alpha value is -3.42. The second-order valence-corrected chi connectivity index (χ2v) is 9.39. The Kier molecular flexibility index (Phi) is 12.8. The molecule has 0 aliphatic carbocycles. The maximum absolute atomic E-state index is 13.4. The van der Waals surface area contributed by atoms with E-state index in [1.54, 1.807) is 4.90 Å². The van der Waals surface area contributed by atoms with Crippen molar-refractivity contribution in [3.63, 3.8) is 0 Å². The van der Waals surface area contributed by atoms with Crippen LogP contribution in [0.4, 0.5) is 0 Å². The molecule has 0 aromatic heterocycles. The summed E-state index contributed by atoms with van der Waals surface area (Å²) in [6.07, 6.45) is 2.24. The number of benzene rings is 3. The van der Waals surface area contributed by atoms with Crippen LogP contribution in [0.25, 0.3) is 10.8 Å². The number of esters is 1. The summed E-state index contributed by atoms with van der Waals surface area (Å²) in [6.45, 7) is 2.67. The van der Waals surface area contributed by atoms with Crippen molar-refractivity contribution in [2.24, 2.45) is 11.5 Å². The third-order valence-corrected chi connectivity index (χ3v) is 6.37. The highest BCUT2D eigenvalue weighted by Gasteiger charge is 2.28.